The largest absolute Gasteiger partial charge is 0.376 e. The second kappa shape index (κ2) is 20.2. The predicted molar refractivity (Wildman–Crippen MR) is 154 cm³/mol. The molecule has 0 aliphatic carbocycles. The van der Waals surface area contributed by atoms with Crippen molar-refractivity contribution in [2.45, 2.75) is 142 Å². The highest BCUT2D eigenvalue weighted by atomic mass is 16.5. The van der Waals surface area contributed by atoms with Crippen LogP contribution in [0.4, 0.5) is 0 Å². The number of quaternary nitrogens is 1. The Kier molecular flexibility index (Phi) is 17.5. The average molecular weight is 487 g/mol. The van der Waals surface area contributed by atoms with Crippen LogP contribution in [-0.2, 0) is 17.7 Å². The maximum Gasteiger partial charge on any atom is 0.105 e. The van der Waals surface area contributed by atoms with E-state index in [-0.39, 0.29) is 0 Å². The van der Waals surface area contributed by atoms with Crippen molar-refractivity contribution >= 4 is 0 Å². The van der Waals surface area contributed by atoms with E-state index < -0.39 is 0 Å². The van der Waals surface area contributed by atoms with E-state index in [1.54, 1.807) is 11.1 Å². The molecule has 0 bridgehead atoms. The summed E-state index contributed by atoms with van der Waals surface area (Å²) in [4.78, 5) is 0. The molecule has 0 spiro atoms. The molecule has 2 heteroatoms. The first-order valence-corrected chi connectivity index (χ1v) is 15.8. The standard InChI is InChI=1S/C33H60NO/c1-3-5-7-9-11-13-15-17-21-26-34(27-25-32-23-19-20-24-33(32)31-34)28-30-35-29-22-18-16-14-12-10-8-6-4-2/h19-20,23-24H,3-18,21-22,25-31H2,1-2H3/q+1. The van der Waals surface area contributed by atoms with Crippen LogP contribution in [0, 0.1) is 0 Å². The first kappa shape index (κ1) is 30.4. The van der Waals surface area contributed by atoms with Gasteiger partial charge in [0.15, 0.2) is 0 Å². The van der Waals surface area contributed by atoms with Gasteiger partial charge in [-0.3, -0.25) is 0 Å². The van der Waals surface area contributed by atoms with E-state index >= 15 is 0 Å². The average Bonchev–Trinajstić information content (AvgIpc) is 2.88. The van der Waals surface area contributed by atoms with Gasteiger partial charge in [-0.15, -0.1) is 0 Å². The summed E-state index contributed by atoms with van der Waals surface area (Å²) in [6, 6.07) is 9.17. The minimum atomic E-state index is 0.941. The van der Waals surface area contributed by atoms with Gasteiger partial charge in [0, 0.05) is 18.6 Å². The lowest BCUT2D eigenvalue weighted by Crippen LogP contribution is -2.53. The molecule has 35 heavy (non-hydrogen) atoms. The summed E-state index contributed by atoms with van der Waals surface area (Å²) < 4.78 is 7.44. The number of hydrogen-bond donors (Lipinski definition) is 0. The van der Waals surface area contributed by atoms with E-state index in [4.69, 9.17) is 4.74 Å². The van der Waals surface area contributed by atoms with Gasteiger partial charge in [-0.2, -0.15) is 0 Å². The van der Waals surface area contributed by atoms with Gasteiger partial charge in [-0.1, -0.05) is 134 Å². The summed E-state index contributed by atoms with van der Waals surface area (Å²) in [5.41, 5.74) is 3.18. The van der Waals surface area contributed by atoms with Crippen molar-refractivity contribution in [1.29, 1.82) is 0 Å². The summed E-state index contributed by atoms with van der Waals surface area (Å²) in [6.07, 6.45) is 26.5. The number of rotatable bonds is 23. The minimum absolute atomic E-state index is 0.941. The van der Waals surface area contributed by atoms with Crippen LogP contribution in [0.5, 0.6) is 0 Å². The van der Waals surface area contributed by atoms with Crippen LogP contribution < -0.4 is 0 Å². The van der Waals surface area contributed by atoms with Crippen LogP contribution in [0.3, 0.4) is 0 Å². The molecule has 0 radical (unpaired) electrons. The lowest BCUT2D eigenvalue weighted by atomic mass is 9.97. The maximum atomic E-state index is 6.19. The second-order valence-corrected chi connectivity index (χ2v) is 11.5. The van der Waals surface area contributed by atoms with Gasteiger partial charge in [0.25, 0.3) is 0 Å². The number of ether oxygens (including phenoxy) is 1. The molecule has 0 fully saturated rings. The van der Waals surface area contributed by atoms with Crippen molar-refractivity contribution in [2.75, 3.05) is 32.8 Å². The minimum Gasteiger partial charge on any atom is -0.376 e. The van der Waals surface area contributed by atoms with Crippen LogP contribution in [0.15, 0.2) is 24.3 Å². The van der Waals surface area contributed by atoms with Crippen molar-refractivity contribution in [3.8, 4) is 0 Å². The Labute approximate surface area is 219 Å². The lowest BCUT2D eigenvalue weighted by molar-refractivity contribution is -0.943. The van der Waals surface area contributed by atoms with E-state index in [1.165, 1.54) is 153 Å². The Morgan fingerprint density at radius 2 is 1.09 bits per heavy atom. The van der Waals surface area contributed by atoms with Crippen LogP contribution in [0.2, 0.25) is 0 Å². The van der Waals surface area contributed by atoms with E-state index in [0.29, 0.717) is 0 Å². The molecule has 0 aromatic heterocycles. The number of fused-ring (bicyclic) bond motifs is 1. The zero-order valence-corrected chi connectivity index (χ0v) is 23.8. The second-order valence-electron chi connectivity index (χ2n) is 11.5. The Bertz CT molecular complexity index is 615. The van der Waals surface area contributed by atoms with E-state index in [2.05, 4.69) is 38.1 Å². The molecule has 1 unspecified atom stereocenters. The molecule has 202 valence electrons. The highest BCUT2D eigenvalue weighted by molar-refractivity contribution is 5.27. The topological polar surface area (TPSA) is 9.23 Å². The molecule has 2 nitrogen and oxygen atoms in total. The summed E-state index contributed by atoms with van der Waals surface area (Å²) in [5.74, 6) is 0. The number of hydrogen-bond acceptors (Lipinski definition) is 1. The fourth-order valence-corrected chi connectivity index (χ4v) is 5.88. The SMILES string of the molecule is CCCCCCCCCCCOCC[N+]1(CCCCCCCCCCC)CCc2ccccc2C1. The Morgan fingerprint density at radius 3 is 1.69 bits per heavy atom. The Morgan fingerprint density at radius 1 is 0.571 bits per heavy atom. The third kappa shape index (κ3) is 13.9. The van der Waals surface area contributed by atoms with Crippen molar-refractivity contribution < 1.29 is 9.22 Å². The van der Waals surface area contributed by atoms with Crippen LogP contribution in [0.25, 0.3) is 0 Å². The molecule has 1 aromatic rings. The molecule has 2 rings (SSSR count). The molecule has 0 amide bonds. The molecular weight excluding hydrogens is 426 g/mol. The normalized spacial score (nSPS) is 17.5. The molecule has 0 N–H and O–H groups in total. The Balaban J connectivity index is 1.62. The predicted octanol–water partition coefficient (Wildman–Crippen LogP) is 9.64. The molecule has 1 aromatic carbocycles. The molecule has 0 saturated carbocycles. The van der Waals surface area contributed by atoms with Gasteiger partial charge in [0.1, 0.15) is 13.1 Å². The monoisotopic (exact) mass is 486 g/mol. The molecule has 1 heterocycles. The van der Waals surface area contributed by atoms with Gasteiger partial charge in [0.05, 0.1) is 19.7 Å². The van der Waals surface area contributed by atoms with Crippen LogP contribution in [0.1, 0.15) is 141 Å². The smallest absolute Gasteiger partial charge is 0.105 e. The third-order valence-electron chi connectivity index (χ3n) is 8.32. The zero-order chi connectivity index (χ0) is 24.9. The molecule has 1 aliphatic rings. The quantitative estimate of drug-likeness (QED) is 0.110. The van der Waals surface area contributed by atoms with E-state index in [0.717, 1.165) is 13.2 Å². The molecule has 1 aliphatic heterocycles. The number of nitrogens with zero attached hydrogens (tertiary/aromatic N) is 1. The van der Waals surface area contributed by atoms with Crippen LogP contribution >= 0.6 is 0 Å². The van der Waals surface area contributed by atoms with Gasteiger partial charge in [-0.05, 0) is 24.8 Å². The summed E-state index contributed by atoms with van der Waals surface area (Å²) in [5, 5.41) is 0. The third-order valence-corrected chi connectivity index (χ3v) is 8.32. The Hall–Kier alpha value is -0.860. The van der Waals surface area contributed by atoms with Gasteiger partial charge in [0.2, 0.25) is 0 Å². The molecular formula is C33H60NO+. The molecule has 1 atom stereocenters. The van der Waals surface area contributed by atoms with E-state index in [1.807, 2.05) is 0 Å². The highest BCUT2D eigenvalue weighted by Gasteiger charge is 2.31. The zero-order valence-electron chi connectivity index (χ0n) is 23.8. The number of unbranched alkanes of at least 4 members (excludes halogenated alkanes) is 16. The van der Waals surface area contributed by atoms with Crippen molar-refractivity contribution in [3.63, 3.8) is 0 Å². The number of benzene rings is 1. The molecule has 0 saturated heterocycles. The summed E-state index contributed by atoms with van der Waals surface area (Å²) in [7, 11) is 0. The highest BCUT2D eigenvalue weighted by Crippen LogP contribution is 2.26. The van der Waals surface area contributed by atoms with E-state index in [9.17, 15) is 0 Å². The summed E-state index contributed by atoms with van der Waals surface area (Å²) in [6.45, 7) is 11.6. The summed E-state index contributed by atoms with van der Waals surface area (Å²) >= 11 is 0. The first-order valence-electron chi connectivity index (χ1n) is 15.8. The lowest BCUT2D eigenvalue weighted by Gasteiger charge is -2.42. The van der Waals surface area contributed by atoms with Gasteiger partial charge in [-0.25, -0.2) is 0 Å². The fourth-order valence-electron chi connectivity index (χ4n) is 5.88. The van der Waals surface area contributed by atoms with Crippen molar-refractivity contribution in [3.05, 3.63) is 35.4 Å². The fraction of sp³-hybridized carbons (Fsp3) is 0.818. The van der Waals surface area contributed by atoms with Crippen molar-refractivity contribution in [1.82, 2.24) is 0 Å². The first-order chi connectivity index (χ1) is 17.3. The van der Waals surface area contributed by atoms with Gasteiger partial charge < -0.3 is 9.22 Å². The maximum absolute atomic E-state index is 6.19. The van der Waals surface area contributed by atoms with Gasteiger partial charge >= 0.3 is 0 Å². The van der Waals surface area contributed by atoms with Crippen LogP contribution in [-0.4, -0.2) is 37.3 Å². The van der Waals surface area contributed by atoms with Crippen molar-refractivity contribution in [2.24, 2.45) is 0 Å².